The number of methoxy groups -OCH3 is 1. The minimum absolute atomic E-state index is 0.0160. The lowest BCUT2D eigenvalue weighted by molar-refractivity contribution is -0.388. The quantitative estimate of drug-likeness (QED) is 0.262. The highest BCUT2D eigenvalue weighted by atomic mass is 19.1. The molecule has 0 unspecified atom stereocenters. The van der Waals surface area contributed by atoms with E-state index in [9.17, 15) is 28.5 Å². The molecule has 0 radical (unpaired) electrons. The van der Waals surface area contributed by atoms with Crippen LogP contribution in [0, 0.1) is 34.6 Å². The summed E-state index contributed by atoms with van der Waals surface area (Å²) in [5.74, 6) is -4.77. The van der Waals surface area contributed by atoms with Crippen molar-refractivity contribution in [3.8, 4) is 0 Å². The largest absolute Gasteiger partial charge is 0.453 e. The van der Waals surface area contributed by atoms with Gasteiger partial charge >= 0.3 is 11.8 Å². The molecule has 10 nitrogen and oxygen atoms in total. The number of nitrogens with zero attached hydrogens (tertiary/aromatic N) is 3. The number of hydrogen-bond donors (Lipinski definition) is 2. The van der Waals surface area contributed by atoms with Crippen LogP contribution in [-0.2, 0) is 9.53 Å². The summed E-state index contributed by atoms with van der Waals surface area (Å²) in [5.41, 5.74) is -2.43. The number of hydrogen-bond acceptors (Lipinski definition) is 7. The van der Waals surface area contributed by atoms with Gasteiger partial charge < -0.3 is 20.2 Å². The third-order valence-corrected chi connectivity index (χ3v) is 4.43. The summed E-state index contributed by atoms with van der Waals surface area (Å²) in [6, 6.07) is 0.592. The molecule has 1 fully saturated rings. The predicted molar refractivity (Wildman–Crippen MR) is 90.9 cm³/mol. The summed E-state index contributed by atoms with van der Waals surface area (Å²) in [4.78, 5) is 35.3. The fourth-order valence-corrected chi connectivity index (χ4v) is 2.94. The van der Waals surface area contributed by atoms with Gasteiger partial charge in [-0.15, -0.1) is 0 Å². The number of carbonyl (C=O) groups excluding carboxylic acids is 2. The van der Waals surface area contributed by atoms with Crippen molar-refractivity contribution in [1.29, 1.82) is 0 Å². The van der Waals surface area contributed by atoms with Crippen molar-refractivity contribution < 1.29 is 33.2 Å². The van der Waals surface area contributed by atoms with Crippen LogP contribution in [0.1, 0.15) is 24.0 Å². The van der Waals surface area contributed by atoms with Gasteiger partial charge in [0, 0.05) is 13.1 Å². The molecular formula is C16H18F2N4O6. The molecular weight excluding hydrogens is 382 g/mol. The molecule has 2 amide bonds. The zero-order valence-electron chi connectivity index (χ0n) is 15.1. The van der Waals surface area contributed by atoms with Gasteiger partial charge in [0.15, 0.2) is 5.84 Å². The number of amidine groups is 1. The molecule has 1 heterocycles. The first-order chi connectivity index (χ1) is 13.2. The maximum absolute atomic E-state index is 14.5. The molecule has 1 aliphatic heterocycles. The number of carbonyl (C=O) groups is 2. The number of likely N-dealkylation sites (tertiary alicyclic amines) is 1. The van der Waals surface area contributed by atoms with Crippen LogP contribution in [0.2, 0.25) is 0 Å². The lowest BCUT2D eigenvalue weighted by Crippen LogP contribution is -2.46. The number of ether oxygens (including phenoxy) is 1. The van der Waals surface area contributed by atoms with Crippen molar-refractivity contribution in [3.63, 3.8) is 0 Å². The second-order valence-corrected chi connectivity index (χ2v) is 6.14. The SMILES string of the molecule is COC(=O)N1CCC[C@@H](C(=O)N/C(=N\O)c2cc(F)c(C)c([N+](=O)[O-])c2F)C1. The number of nitro benzene ring substituents is 1. The van der Waals surface area contributed by atoms with Crippen molar-refractivity contribution in [2.24, 2.45) is 11.1 Å². The molecule has 1 aromatic rings. The van der Waals surface area contributed by atoms with E-state index in [4.69, 9.17) is 5.21 Å². The van der Waals surface area contributed by atoms with Gasteiger partial charge in [-0.1, -0.05) is 5.16 Å². The van der Waals surface area contributed by atoms with Crippen LogP contribution in [0.4, 0.5) is 19.3 Å². The maximum atomic E-state index is 14.5. The zero-order valence-corrected chi connectivity index (χ0v) is 15.1. The highest BCUT2D eigenvalue weighted by Gasteiger charge is 2.32. The van der Waals surface area contributed by atoms with Crippen LogP contribution in [0.3, 0.4) is 0 Å². The van der Waals surface area contributed by atoms with E-state index in [2.05, 4.69) is 15.2 Å². The van der Waals surface area contributed by atoms with Crippen molar-refractivity contribution in [3.05, 3.63) is 38.9 Å². The minimum Gasteiger partial charge on any atom is -0.453 e. The van der Waals surface area contributed by atoms with Crippen LogP contribution < -0.4 is 5.32 Å². The van der Waals surface area contributed by atoms with Crippen molar-refractivity contribution in [2.45, 2.75) is 19.8 Å². The highest BCUT2D eigenvalue weighted by Crippen LogP contribution is 2.28. The van der Waals surface area contributed by atoms with Crippen LogP contribution in [-0.4, -0.2) is 53.1 Å². The van der Waals surface area contributed by atoms with E-state index in [1.165, 1.54) is 12.0 Å². The fourth-order valence-electron chi connectivity index (χ4n) is 2.94. The number of benzene rings is 1. The van der Waals surface area contributed by atoms with E-state index in [-0.39, 0.29) is 6.54 Å². The Hall–Kier alpha value is -3.31. The Labute approximate surface area is 157 Å². The number of nitrogens with one attached hydrogen (secondary N) is 1. The van der Waals surface area contributed by atoms with Gasteiger partial charge in [-0.25, -0.2) is 9.18 Å². The van der Waals surface area contributed by atoms with Crippen LogP contribution in [0.5, 0.6) is 0 Å². The standard InChI is InChI=1S/C16H18F2N4O6/c1-8-11(17)6-10(12(18)13(8)22(26)27)14(20-25)19-15(23)9-4-3-5-21(7-9)16(24)28-2/h6,9,25H,3-5,7H2,1-2H3,(H,19,20,23)/t9-/m1/s1. The van der Waals surface area contributed by atoms with E-state index in [1.54, 1.807) is 0 Å². The maximum Gasteiger partial charge on any atom is 0.409 e. The number of piperidine rings is 1. The fraction of sp³-hybridized carbons (Fsp3) is 0.438. The summed E-state index contributed by atoms with van der Waals surface area (Å²) < 4.78 is 33.1. The topological polar surface area (TPSA) is 134 Å². The second kappa shape index (κ2) is 8.59. The first-order valence-electron chi connectivity index (χ1n) is 8.20. The molecule has 0 aromatic heterocycles. The molecule has 1 saturated heterocycles. The van der Waals surface area contributed by atoms with Gasteiger partial charge in [-0.3, -0.25) is 14.9 Å². The summed E-state index contributed by atoms with van der Waals surface area (Å²) in [6.45, 7) is 1.43. The van der Waals surface area contributed by atoms with Crippen LogP contribution >= 0.6 is 0 Å². The smallest absolute Gasteiger partial charge is 0.409 e. The first kappa shape index (κ1) is 21.0. The zero-order chi connectivity index (χ0) is 21.0. The van der Waals surface area contributed by atoms with Crippen molar-refractivity contribution in [2.75, 3.05) is 20.2 Å². The van der Waals surface area contributed by atoms with Gasteiger partial charge in [-0.2, -0.15) is 4.39 Å². The molecule has 1 atom stereocenters. The molecule has 1 aromatic carbocycles. The molecule has 28 heavy (non-hydrogen) atoms. The number of halogens is 2. The third kappa shape index (κ3) is 4.15. The molecule has 1 aliphatic rings. The molecule has 0 spiro atoms. The van der Waals surface area contributed by atoms with E-state index in [0.717, 1.165) is 6.92 Å². The second-order valence-electron chi connectivity index (χ2n) is 6.14. The number of nitro groups is 1. The van der Waals surface area contributed by atoms with Crippen LogP contribution in [0.25, 0.3) is 0 Å². The van der Waals surface area contributed by atoms with Gasteiger partial charge in [0.05, 0.1) is 29.1 Å². The Morgan fingerprint density at radius 1 is 1.46 bits per heavy atom. The monoisotopic (exact) mass is 400 g/mol. The minimum atomic E-state index is -1.45. The molecule has 2 rings (SSSR count). The van der Waals surface area contributed by atoms with E-state index < -0.39 is 57.1 Å². The number of rotatable bonds is 3. The average molecular weight is 400 g/mol. The van der Waals surface area contributed by atoms with Crippen molar-refractivity contribution in [1.82, 2.24) is 10.2 Å². The third-order valence-electron chi connectivity index (χ3n) is 4.43. The van der Waals surface area contributed by atoms with Gasteiger partial charge in [0.2, 0.25) is 11.7 Å². The molecule has 2 N–H and O–H groups in total. The summed E-state index contributed by atoms with van der Waals surface area (Å²) in [7, 11) is 1.20. The summed E-state index contributed by atoms with van der Waals surface area (Å²) >= 11 is 0. The van der Waals surface area contributed by atoms with E-state index in [0.29, 0.717) is 25.5 Å². The van der Waals surface area contributed by atoms with Gasteiger partial charge in [-0.05, 0) is 25.8 Å². The normalized spacial score (nSPS) is 17.2. The van der Waals surface area contributed by atoms with Crippen LogP contribution in [0.15, 0.2) is 11.2 Å². The molecule has 12 heteroatoms. The molecule has 152 valence electrons. The Morgan fingerprint density at radius 2 is 2.14 bits per heavy atom. The molecule has 0 saturated carbocycles. The van der Waals surface area contributed by atoms with Gasteiger partial charge in [0.1, 0.15) is 5.82 Å². The van der Waals surface area contributed by atoms with E-state index >= 15 is 0 Å². The number of amides is 2. The molecule has 0 bridgehead atoms. The lowest BCUT2D eigenvalue weighted by atomic mass is 9.97. The predicted octanol–water partition coefficient (Wildman–Crippen LogP) is 1.91. The lowest BCUT2D eigenvalue weighted by Gasteiger charge is -2.30. The Kier molecular flexibility index (Phi) is 6.44. The summed E-state index contributed by atoms with van der Waals surface area (Å²) in [6.07, 6.45) is 0.275. The molecule has 0 aliphatic carbocycles. The Morgan fingerprint density at radius 3 is 2.71 bits per heavy atom. The summed E-state index contributed by atoms with van der Waals surface area (Å²) in [5, 5.41) is 25.0. The van der Waals surface area contributed by atoms with Gasteiger partial charge in [0.25, 0.3) is 0 Å². The van der Waals surface area contributed by atoms with Crippen molar-refractivity contribution >= 4 is 23.5 Å². The highest BCUT2D eigenvalue weighted by molar-refractivity contribution is 6.08. The Balaban J connectivity index is 2.27. The van der Waals surface area contributed by atoms with E-state index in [1.807, 2.05) is 0 Å². The first-order valence-corrected chi connectivity index (χ1v) is 8.20. The number of oxime groups is 1. The Bertz CT molecular complexity index is 845. The average Bonchev–Trinajstić information content (AvgIpc) is 2.68.